The second kappa shape index (κ2) is 27.6. The Morgan fingerprint density at radius 1 is 0.593 bits per heavy atom. The molecule has 1 spiro atoms. The monoisotopic (exact) mass is 1190 g/mol. The molecule has 0 saturated carbocycles. The van der Waals surface area contributed by atoms with Gasteiger partial charge in [-0.05, 0) is 105 Å². The van der Waals surface area contributed by atoms with Gasteiger partial charge in [0.15, 0.2) is 28.6 Å². The summed E-state index contributed by atoms with van der Waals surface area (Å²) in [7, 11) is 5.49. The SMILES string of the molecule is CC.CC(=O)OCc1cc(C)c(C)cc1[N+](=O)[O-].CCN.COc1cc(COC(=O)N2CCCc3cc4c(cc32)Oc2cc3c(cc2C42OC(=O)c4ccccc42)CCCN3C(=O)OCc2cc(OC)c(OC)cc2[N+](=O)[O-])c([N+](=O)[O-])cc1OC. The Labute approximate surface area is 494 Å². The predicted octanol–water partition coefficient (Wildman–Crippen LogP) is 11.6. The Balaban J connectivity index is 0.000000430. The van der Waals surface area contributed by atoms with Crippen molar-refractivity contribution in [3.63, 3.8) is 0 Å². The summed E-state index contributed by atoms with van der Waals surface area (Å²) < 4.78 is 50.5. The van der Waals surface area contributed by atoms with Crippen LogP contribution in [0.1, 0.15) is 107 Å². The zero-order valence-electron chi connectivity index (χ0n) is 49.2. The lowest BCUT2D eigenvalue weighted by Crippen LogP contribution is -2.38. The third-order valence-corrected chi connectivity index (χ3v) is 14.4. The summed E-state index contributed by atoms with van der Waals surface area (Å²) in [5.74, 6) is 0.274. The van der Waals surface area contributed by atoms with Crippen LogP contribution in [0.4, 0.5) is 38.0 Å². The first-order valence-corrected chi connectivity index (χ1v) is 27.3. The van der Waals surface area contributed by atoms with Gasteiger partial charge in [-0.1, -0.05) is 39.0 Å². The number of anilines is 2. The summed E-state index contributed by atoms with van der Waals surface area (Å²) in [4.78, 5) is 88.2. The molecule has 4 aliphatic heterocycles. The van der Waals surface area contributed by atoms with E-state index < -0.39 is 57.7 Å². The van der Waals surface area contributed by atoms with E-state index in [1.165, 1.54) is 75.5 Å². The normalized spacial score (nSPS) is 13.4. The summed E-state index contributed by atoms with van der Waals surface area (Å²) in [5, 5.41) is 34.7. The van der Waals surface area contributed by atoms with Crippen LogP contribution in [0.15, 0.2) is 84.9 Å². The number of nitro groups is 3. The molecule has 2 N–H and O–H groups in total. The Kier molecular flexibility index (Phi) is 20.4. The van der Waals surface area contributed by atoms with Crippen molar-refractivity contribution in [2.45, 2.75) is 92.6 Å². The molecule has 0 aliphatic carbocycles. The van der Waals surface area contributed by atoms with Gasteiger partial charge >= 0.3 is 24.1 Å². The third kappa shape index (κ3) is 12.9. The Hall–Kier alpha value is -10.0. The number of esters is 2. The molecule has 4 aliphatic rings. The molecule has 0 atom stereocenters. The van der Waals surface area contributed by atoms with Crippen molar-refractivity contribution in [3.8, 4) is 34.5 Å². The maximum absolute atomic E-state index is 13.9. The van der Waals surface area contributed by atoms with E-state index >= 15 is 0 Å². The molecule has 10 rings (SSSR count). The maximum atomic E-state index is 13.9. The molecule has 0 aromatic heterocycles. The summed E-state index contributed by atoms with van der Waals surface area (Å²) in [6.45, 7) is 11.2. The summed E-state index contributed by atoms with van der Waals surface area (Å²) in [6.07, 6.45) is 0.688. The number of methoxy groups -OCH3 is 4. The molecule has 6 aromatic rings. The summed E-state index contributed by atoms with van der Waals surface area (Å²) in [6, 6.07) is 22.6. The van der Waals surface area contributed by atoms with Crippen LogP contribution in [-0.2, 0) is 62.0 Å². The maximum Gasteiger partial charge on any atom is 0.414 e. The smallest absolute Gasteiger partial charge is 0.414 e. The molecule has 0 bridgehead atoms. The number of nitrogens with two attached hydrogens (primary N) is 1. The van der Waals surface area contributed by atoms with Crippen molar-refractivity contribution >= 4 is 52.6 Å². The first-order valence-electron chi connectivity index (χ1n) is 27.3. The van der Waals surface area contributed by atoms with Crippen LogP contribution < -0.4 is 39.2 Å². The average molecular weight is 1190 g/mol. The highest BCUT2D eigenvalue weighted by molar-refractivity contribution is 5.98. The van der Waals surface area contributed by atoms with Crippen molar-refractivity contribution < 1.29 is 76.6 Å². The molecular weight excluding hydrogens is 1120 g/mol. The van der Waals surface area contributed by atoms with Crippen molar-refractivity contribution in [1.82, 2.24) is 0 Å². The lowest BCUT2D eigenvalue weighted by Gasteiger charge is -2.40. The summed E-state index contributed by atoms with van der Waals surface area (Å²) in [5.41, 5.74) is 9.55. The van der Waals surface area contributed by atoms with Crippen molar-refractivity contribution in [1.29, 1.82) is 0 Å². The van der Waals surface area contributed by atoms with E-state index in [9.17, 15) is 49.5 Å². The predicted molar refractivity (Wildman–Crippen MR) is 313 cm³/mol. The minimum absolute atomic E-state index is 0.00986. The van der Waals surface area contributed by atoms with Gasteiger partial charge in [0.2, 0.25) is 0 Å². The van der Waals surface area contributed by atoms with E-state index in [1.54, 1.807) is 37.3 Å². The third-order valence-electron chi connectivity index (χ3n) is 14.4. The fourth-order valence-corrected chi connectivity index (χ4v) is 10.4. The van der Waals surface area contributed by atoms with Gasteiger partial charge in [0, 0.05) is 54.9 Å². The molecule has 0 saturated heterocycles. The number of rotatable bonds is 13. The van der Waals surface area contributed by atoms with Gasteiger partial charge in [-0.15, -0.1) is 0 Å². The van der Waals surface area contributed by atoms with Gasteiger partial charge in [0.05, 0.1) is 89.0 Å². The quantitative estimate of drug-likeness (QED) is 0.0486. The van der Waals surface area contributed by atoms with E-state index in [0.717, 1.165) is 28.8 Å². The van der Waals surface area contributed by atoms with E-state index in [0.29, 0.717) is 64.9 Å². The standard InChI is InChI=1S/C46H40N4O15.C11H13NO4.C2H7N.C2H6/c1-58-39-17-27(35(49(54)55)21-41(39)60-3)23-62-44(52)47-13-7-9-25-15-31-37(19-33(25)47)64-38-20-34-26(16-32(38)46(31)30-12-6-5-11-29(30)43(51)65-46)10-8-14-48(34)45(53)63-24-28-18-40(59-2)42(61-4)22-36(28)50(56)57;1-7-4-10(6-16-9(3)13)11(12(14)15)5-8(7)2;1-2-3;1-2/h5-6,11-12,15-22H,7-10,13-14,23-24H2,1-4H3;4-5H,6H2,1-3H3;2-3H2,1H3;1-2H3. The zero-order chi connectivity index (χ0) is 62.7. The Bertz CT molecular complexity index is 3470. The average Bonchev–Trinajstić information content (AvgIpc) is 1.37. The fourth-order valence-electron chi connectivity index (χ4n) is 10.4. The summed E-state index contributed by atoms with van der Waals surface area (Å²) >= 11 is 0. The van der Waals surface area contributed by atoms with Crippen LogP contribution in [-0.4, -0.2) is 87.0 Å². The second-order valence-electron chi connectivity index (χ2n) is 19.5. The number of hydrogen-bond acceptors (Lipinski definition) is 20. The van der Waals surface area contributed by atoms with Crippen LogP contribution in [0, 0.1) is 44.2 Å². The van der Waals surface area contributed by atoms with Crippen LogP contribution in [0.2, 0.25) is 0 Å². The number of aryl methyl sites for hydroxylation is 4. The van der Waals surface area contributed by atoms with Crippen molar-refractivity contribution in [3.05, 3.63) is 176 Å². The van der Waals surface area contributed by atoms with Gasteiger partial charge in [-0.3, -0.25) is 44.9 Å². The minimum atomic E-state index is -1.48. The number of hydrogen-bond donors (Lipinski definition) is 1. The van der Waals surface area contributed by atoms with Crippen LogP contribution in [0.5, 0.6) is 34.5 Å². The van der Waals surface area contributed by atoms with E-state index in [1.807, 2.05) is 52.0 Å². The lowest BCUT2D eigenvalue weighted by molar-refractivity contribution is -0.386. The van der Waals surface area contributed by atoms with Crippen molar-refractivity contribution in [2.75, 3.05) is 57.9 Å². The molecule has 86 heavy (non-hydrogen) atoms. The first-order chi connectivity index (χ1) is 41.2. The van der Waals surface area contributed by atoms with Gasteiger partial charge < -0.3 is 48.4 Å². The molecule has 6 aromatic carbocycles. The highest BCUT2D eigenvalue weighted by atomic mass is 16.6. The topological polar surface area (TPSA) is 313 Å². The van der Waals surface area contributed by atoms with E-state index in [4.69, 9.17) is 48.4 Å². The van der Waals surface area contributed by atoms with Gasteiger partial charge in [-0.2, -0.15) is 0 Å². The number of nitrogens with zero attached hydrogens (tertiary/aromatic N) is 5. The minimum Gasteiger partial charge on any atom is -0.493 e. The van der Waals surface area contributed by atoms with Gasteiger partial charge in [-0.25, -0.2) is 14.4 Å². The van der Waals surface area contributed by atoms with Gasteiger partial charge in [0.25, 0.3) is 17.1 Å². The van der Waals surface area contributed by atoms with Gasteiger partial charge in [0.1, 0.15) is 31.3 Å². The molecule has 2 amide bonds. The molecular formula is C61H66N6O19. The second-order valence-corrected chi connectivity index (χ2v) is 19.5. The number of amides is 2. The Morgan fingerprint density at radius 2 is 0.988 bits per heavy atom. The zero-order valence-corrected chi connectivity index (χ0v) is 49.2. The van der Waals surface area contributed by atoms with Crippen LogP contribution in [0.25, 0.3) is 0 Å². The Morgan fingerprint density at radius 3 is 1.42 bits per heavy atom. The molecule has 4 heterocycles. The number of benzene rings is 6. The number of carbonyl (C=O) groups excluding carboxylic acids is 4. The molecule has 0 unspecified atom stereocenters. The highest BCUT2D eigenvalue weighted by Gasteiger charge is 2.54. The van der Waals surface area contributed by atoms with Crippen molar-refractivity contribution in [2.24, 2.45) is 5.73 Å². The lowest BCUT2D eigenvalue weighted by atomic mass is 9.75. The number of carbonyl (C=O) groups is 4. The first kappa shape index (κ1) is 63.5. The van der Waals surface area contributed by atoms with Crippen LogP contribution in [0.3, 0.4) is 0 Å². The molecule has 0 radical (unpaired) electrons. The number of fused-ring (bicyclic) bond motifs is 8. The van der Waals surface area contributed by atoms with E-state index in [2.05, 4.69) is 0 Å². The molecule has 454 valence electrons. The number of nitro benzene ring substituents is 3. The molecule has 0 fully saturated rings. The van der Waals surface area contributed by atoms with E-state index in [-0.39, 0.29) is 82.4 Å². The molecule has 25 heteroatoms. The largest absolute Gasteiger partial charge is 0.493 e. The van der Waals surface area contributed by atoms with Crippen LogP contribution >= 0.6 is 0 Å². The highest BCUT2D eigenvalue weighted by Crippen LogP contribution is 2.59. The number of ether oxygens (including phenoxy) is 9. The fraction of sp³-hybridized carbons (Fsp3) is 0.344. The molecule has 25 nitrogen and oxygen atoms in total.